The normalized spacial score (nSPS) is 14.4. The molecule has 0 unspecified atom stereocenters. The lowest BCUT2D eigenvalue weighted by atomic mass is 10.3. The third-order valence-corrected chi connectivity index (χ3v) is 1.48. The fourth-order valence-electron chi connectivity index (χ4n) is 0.375. The fraction of sp³-hybridized carbons (Fsp3) is 0.333. The van der Waals surface area contributed by atoms with Gasteiger partial charge >= 0.3 is 0 Å². The molecule has 5 heteroatoms. The Morgan fingerprint density at radius 1 is 1.64 bits per heavy atom. The lowest BCUT2D eigenvalue weighted by Gasteiger charge is -1.95. The molecule has 0 radical (unpaired) electrons. The van der Waals surface area contributed by atoms with Crippen molar-refractivity contribution in [3.05, 3.63) is 11.5 Å². The Morgan fingerprint density at radius 2 is 2.18 bits per heavy atom. The summed E-state index contributed by atoms with van der Waals surface area (Å²) < 4.78 is 12.5. The summed E-state index contributed by atoms with van der Waals surface area (Å²) in [4.78, 5) is 6.60. The number of alkyl halides is 1. The smallest absolute Gasteiger partial charge is 0.218 e. The quantitative estimate of drug-likeness (QED) is 0.377. The van der Waals surface area contributed by atoms with Crippen LogP contribution >= 0.6 is 23.2 Å². The van der Waals surface area contributed by atoms with E-state index in [2.05, 4.69) is 16.7 Å². The molecule has 0 heterocycles. The number of allylic oxidation sites excluding steroid dienone is 1. The monoisotopic (exact) mass is 196 g/mol. The zero-order valence-corrected chi connectivity index (χ0v) is 7.45. The molecule has 0 rings (SSSR count). The third kappa shape index (κ3) is 3.49. The van der Waals surface area contributed by atoms with E-state index in [1.807, 2.05) is 0 Å². The molecule has 0 aromatic rings. The molecule has 0 aromatic heterocycles. The summed E-state index contributed by atoms with van der Waals surface area (Å²) in [5.41, 5.74) is 0.141. The third-order valence-electron chi connectivity index (χ3n) is 0.956. The summed E-state index contributed by atoms with van der Waals surface area (Å²) in [7, 11) is 0. The van der Waals surface area contributed by atoms with Gasteiger partial charge in [-0.15, -0.1) is 11.6 Å². The first kappa shape index (κ1) is 10.6. The van der Waals surface area contributed by atoms with Gasteiger partial charge in [0.2, 0.25) is 5.95 Å². The first-order valence-corrected chi connectivity index (χ1v) is 3.64. The van der Waals surface area contributed by atoms with E-state index < -0.39 is 5.95 Å². The second kappa shape index (κ2) is 5.27. The van der Waals surface area contributed by atoms with Crippen molar-refractivity contribution in [1.29, 1.82) is 0 Å². The van der Waals surface area contributed by atoms with Gasteiger partial charge in [-0.2, -0.15) is 4.39 Å². The van der Waals surface area contributed by atoms with Crippen LogP contribution in [0, 0.1) is 0 Å². The van der Waals surface area contributed by atoms with Crippen LogP contribution in [0.25, 0.3) is 0 Å². The Balaban J connectivity index is 4.59. The lowest BCUT2D eigenvalue weighted by molar-refractivity contribution is 0.623. The Hall–Kier alpha value is -0.410. The van der Waals surface area contributed by atoms with Crippen molar-refractivity contribution in [2.24, 2.45) is 9.98 Å². The van der Waals surface area contributed by atoms with Crippen molar-refractivity contribution in [2.45, 2.75) is 6.92 Å². The average Bonchev–Trinajstić information content (AvgIpc) is 2.02. The molecule has 0 fully saturated rings. The minimum atomic E-state index is -0.733. The molecule has 0 atom stereocenters. The van der Waals surface area contributed by atoms with Gasteiger partial charge in [-0.05, 0) is 13.6 Å². The maximum Gasteiger partial charge on any atom is 0.218 e. The van der Waals surface area contributed by atoms with E-state index in [0.29, 0.717) is 0 Å². The van der Waals surface area contributed by atoms with Gasteiger partial charge in [0, 0.05) is 5.57 Å². The standard InChI is InChI=1S/C6H7Cl2FN2/c1-4(6(9)10-2)5(8)11-3-7/h2-3H2,1H3/b6-4-,11-5?. The predicted octanol–water partition coefficient (Wildman–Crippen LogP) is 2.72. The first-order valence-electron chi connectivity index (χ1n) is 2.72. The topological polar surface area (TPSA) is 24.7 Å². The molecule has 0 aliphatic rings. The van der Waals surface area contributed by atoms with Gasteiger partial charge in [0.15, 0.2) is 0 Å². The minimum Gasteiger partial charge on any atom is -0.257 e. The SMILES string of the molecule is C=N/C(F)=C(/C)C(Cl)=NCCl. The lowest BCUT2D eigenvalue weighted by Crippen LogP contribution is -1.92. The first-order chi connectivity index (χ1) is 5.13. The zero-order chi connectivity index (χ0) is 8.85. The van der Waals surface area contributed by atoms with Gasteiger partial charge in [-0.1, -0.05) is 11.6 Å². The van der Waals surface area contributed by atoms with Crippen LogP contribution in [-0.4, -0.2) is 17.9 Å². The number of hydrogen-bond donors (Lipinski definition) is 0. The summed E-state index contributed by atoms with van der Waals surface area (Å²) in [6, 6.07) is 0.000591. The highest BCUT2D eigenvalue weighted by atomic mass is 35.5. The molecule has 0 bridgehead atoms. The van der Waals surface area contributed by atoms with E-state index in [9.17, 15) is 4.39 Å². The van der Waals surface area contributed by atoms with Crippen molar-refractivity contribution in [1.82, 2.24) is 0 Å². The van der Waals surface area contributed by atoms with Crippen LogP contribution in [0.2, 0.25) is 0 Å². The van der Waals surface area contributed by atoms with E-state index in [0.717, 1.165) is 0 Å². The van der Waals surface area contributed by atoms with Crippen LogP contribution in [0.3, 0.4) is 0 Å². The molecule has 0 N–H and O–H groups in total. The van der Waals surface area contributed by atoms with E-state index in [4.69, 9.17) is 23.2 Å². The molecule has 62 valence electrons. The summed E-state index contributed by atoms with van der Waals surface area (Å²) >= 11 is 10.7. The Morgan fingerprint density at radius 3 is 2.55 bits per heavy atom. The minimum absolute atomic E-state index is 0.000591. The van der Waals surface area contributed by atoms with Gasteiger partial charge in [0.1, 0.15) is 11.2 Å². The highest BCUT2D eigenvalue weighted by Crippen LogP contribution is 2.11. The molecule has 11 heavy (non-hydrogen) atoms. The largest absolute Gasteiger partial charge is 0.257 e. The number of halogens is 3. The van der Waals surface area contributed by atoms with Crippen molar-refractivity contribution in [3.63, 3.8) is 0 Å². The van der Waals surface area contributed by atoms with Gasteiger partial charge in [0.05, 0.1) is 0 Å². The van der Waals surface area contributed by atoms with Crippen molar-refractivity contribution >= 4 is 35.1 Å². The number of hydrogen-bond acceptors (Lipinski definition) is 2. The molecule has 0 aliphatic heterocycles. The van der Waals surface area contributed by atoms with Crippen molar-refractivity contribution < 1.29 is 4.39 Å². The van der Waals surface area contributed by atoms with Crippen LogP contribution in [0.4, 0.5) is 4.39 Å². The maximum atomic E-state index is 12.5. The van der Waals surface area contributed by atoms with E-state index in [1.54, 1.807) is 0 Å². The number of rotatable bonds is 3. The maximum absolute atomic E-state index is 12.5. The van der Waals surface area contributed by atoms with Gasteiger partial charge in [0.25, 0.3) is 0 Å². The van der Waals surface area contributed by atoms with E-state index in [-0.39, 0.29) is 16.7 Å². The predicted molar refractivity (Wildman–Crippen MR) is 47.4 cm³/mol. The van der Waals surface area contributed by atoms with Crippen LogP contribution < -0.4 is 0 Å². The van der Waals surface area contributed by atoms with Crippen LogP contribution in [-0.2, 0) is 0 Å². The number of nitrogens with zero attached hydrogens (tertiary/aromatic N) is 2. The summed E-state index contributed by atoms with van der Waals surface area (Å²) in [6.07, 6.45) is 0. The van der Waals surface area contributed by atoms with E-state index >= 15 is 0 Å². The second-order valence-electron chi connectivity index (χ2n) is 1.64. The summed E-state index contributed by atoms with van der Waals surface area (Å²) in [5.74, 6) is -0.733. The molecular formula is C6H7Cl2FN2. The molecule has 2 nitrogen and oxygen atoms in total. The molecule has 0 saturated carbocycles. The van der Waals surface area contributed by atoms with Crippen molar-refractivity contribution in [3.8, 4) is 0 Å². The molecule has 0 amide bonds. The van der Waals surface area contributed by atoms with E-state index in [1.165, 1.54) is 6.92 Å². The Kier molecular flexibility index (Phi) is 5.07. The highest BCUT2D eigenvalue weighted by molar-refractivity contribution is 6.69. The molecular weight excluding hydrogens is 190 g/mol. The fourth-order valence-corrected chi connectivity index (χ4v) is 0.693. The molecule has 0 aromatic carbocycles. The van der Waals surface area contributed by atoms with Gasteiger partial charge < -0.3 is 0 Å². The average molecular weight is 197 g/mol. The molecule has 0 spiro atoms. The molecule has 0 saturated heterocycles. The van der Waals surface area contributed by atoms with Crippen LogP contribution in [0.5, 0.6) is 0 Å². The zero-order valence-electron chi connectivity index (χ0n) is 5.94. The van der Waals surface area contributed by atoms with Crippen LogP contribution in [0.15, 0.2) is 21.5 Å². The second-order valence-corrected chi connectivity index (χ2v) is 2.24. The van der Waals surface area contributed by atoms with Crippen molar-refractivity contribution in [2.75, 3.05) is 6.00 Å². The van der Waals surface area contributed by atoms with Gasteiger partial charge in [-0.25, -0.2) is 4.99 Å². The highest BCUT2D eigenvalue weighted by Gasteiger charge is 2.03. The Labute approximate surface area is 74.4 Å². The van der Waals surface area contributed by atoms with Crippen LogP contribution in [0.1, 0.15) is 6.92 Å². The van der Waals surface area contributed by atoms with Gasteiger partial charge in [-0.3, -0.25) is 4.99 Å². The number of aliphatic imine (C=N–C) groups is 2. The molecule has 0 aliphatic carbocycles. The summed E-state index contributed by atoms with van der Waals surface area (Å²) in [6.45, 7) is 4.44. The Bertz CT molecular complexity index is 211. The summed E-state index contributed by atoms with van der Waals surface area (Å²) in [5, 5.41) is 0.0184.